The van der Waals surface area contributed by atoms with Crippen LogP contribution < -0.4 is 0 Å². The average molecular weight is 350 g/mol. The second-order valence-electron chi connectivity index (χ2n) is 6.33. The van der Waals surface area contributed by atoms with Crippen LogP contribution >= 0.6 is 11.8 Å². The molecule has 0 aliphatic carbocycles. The molecule has 0 radical (unpaired) electrons. The third-order valence-electron chi connectivity index (χ3n) is 4.49. The van der Waals surface area contributed by atoms with Gasteiger partial charge in [0.15, 0.2) is 0 Å². The van der Waals surface area contributed by atoms with E-state index in [1.54, 1.807) is 0 Å². The molecule has 0 spiro atoms. The molecule has 4 rings (SSSR count). The number of para-hydroxylation sites is 1. The molecule has 0 bridgehead atoms. The van der Waals surface area contributed by atoms with Crippen molar-refractivity contribution in [3.8, 4) is 0 Å². The molecule has 3 nitrogen and oxygen atoms in total. The first-order valence-electron chi connectivity index (χ1n) is 8.73. The molecule has 0 amide bonds. The molecule has 4 heteroatoms. The molecule has 0 N–H and O–H groups in total. The number of fused-ring (bicyclic) bond motifs is 1. The maximum absolute atomic E-state index is 5.43. The van der Waals surface area contributed by atoms with Gasteiger partial charge >= 0.3 is 0 Å². The lowest BCUT2D eigenvalue weighted by atomic mass is 10.1. The molecule has 128 valence electrons. The average Bonchev–Trinajstić information content (AvgIpc) is 2.67. The van der Waals surface area contributed by atoms with Crippen molar-refractivity contribution in [1.29, 1.82) is 0 Å². The van der Waals surface area contributed by atoms with Gasteiger partial charge in [-0.2, -0.15) is 0 Å². The Morgan fingerprint density at radius 3 is 2.68 bits per heavy atom. The summed E-state index contributed by atoms with van der Waals surface area (Å²) in [6.45, 7) is 4.77. The van der Waals surface area contributed by atoms with Gasteiger partial charge in [-0.05, 0) is 23.3 Å². The fraction of sp³-hybridized carbons (Fsp3) is 0.286. The Hall–Kier alpha value is -1.88. The van der Waals surface area contributed by atoms with E-state index in [1.165, 1.54) is 21.4 Å². The summed E-state index contributed by atoms with van der Waals surface area (Å²) in [5, 5.41) is 1.20. The van der Waals surface area contributed by atoms with Crippen LogP contribution in [-0.4, -0.2) is 36.2 Å². The summed E-state index contributed by atoms with van der Waals surface area (Å²) in [4.78, 5) is 8.26. The summed E-state index contributed by atoms with van der Waals surface area (Å²) >= 11 is 1.86. The topological polar surface area (TPSA) is 25.4 Å². The molecule has 3 aromatic rings. The van der Waals surface area contributed by atoms with Gasteiger partial charge in [0, 0.05) is 41.9 Å². The number of aromatic nitrogens is 1. The van der Waals surface area contributed by atoms with E-state index in [4.69, 9.17) is 4.74 Å². The van der Waals surface area contributed by atoms with Crippen molar-refractivity contribution in [2.24, 2.45) is 0 Å². The van der Waals surface area contributed by atoms with Crippen molar-refractivity contribution >= 4 is 22.7 Å². The second kappa shape index (κ2) is 8.00. The Labute approximate surface area is 153 Å². The van der Waals surface area contributed by atoms with Crippen LogP contribution in [0.4, 0.5) is 0 Å². The number of ether oxygens (including phenoxy) is 1. The standard InChI is InChI=1S/C21H22N2OS/c1-4-17(15-23-10-12-24-13-11-23)14-18(5-1)16-25-20-8-2-6-19-7-3-9-22-21(19)20/h1-9,14H,10-13,15-16H2. The van der Waals surface area contributed by atoms with Gasteiger partial charge in [0.1, 0.15) is 0 Å². The summed E-state index contributed by atoms with van der Waals surface area (Å²) < 4.78 is 5.43. The molecule has 1 aliphatic heterocycles. The zero-order valence-corrected chi connectivity index (χ0v) is 15.0. The highest BCUT2D eigenvalue weighted by Gasteiger charge is 2.11. The number of rotatable bonds is 5. The summed E-state index contributed by atoms with van der Waals surface area (Å²) in [6.07, 6.45) is 1.87. The van der Waals surface area contributed by atoms with Crippen molar-refractivity contribution in [3.05, 3.63) is 71.9 Å². The number of hydrogen-bond acceptors (Lipinski definition) is 4. The first-order valence-corrected chi connectivity index (χ1v) is 9.71. The smallest absolute Gasteiger partial charge is 0.0837 e. The molecule has 25 heavy (non-hydrogen) atoms. The molecule has 2 heterocycles. The van der Waals surface area contributed by atoms with E-state index in [2.05, 4.69) is 58.4 Å². The van der Waals surface area contributed by atoms with E-state index in [1.807, 2.05) is 24.0 Å². The van der Waals surface area contributed by atoms with E-state index in [9.17, 15) is 0 Å². The minimum atomic E-state index is 0.851. The van der Waals surface area contributed by atoms with Gasteiger partial charge in [0.25, 0.3) is 0 Å². The van der Waals surface area contributed by atoms with Crippen LogP contribution in [0.5, 0.6) is 0 Å². The van der Waals surface area contributed by atoms with E-state index in [-0.39, 0.29) is 0 Å². The second-order valence-corrected chi connectivity index (χ2v) is 7.35. The lowest BCUT2D eigenvalue weighted by Gasteiger charge is -2.26. The van der Waals surface area contributed by atoms with E-state index in [0.29, 0.717) is 0 Å². The van der Waals surface area contributed by atoms with Gasteiger partial charge in [-0.25, -0.2) is 0 Å². The van der Waals surface area contributed by atoms with E-state index >= 15 is 0 Å². The Balaban J connectivity index is 1.44. The lowest BCUT2D eigenvalue weighted by Crippen LogP contribution is -2.35. The zero-order valence-electron chi connectivity index (χ0n) is 14.2. The summed E-state index contributed by atoms with van der Waals surface area (Å²) in [5.41, 5.74) is 3.85. The number of thioether (sulfide) groups is 1. The maximum atomic E-state index is 5.43. The van der Waals surface area contributed by atoms with Gasteiger partial charge in [-0.15, -0.1) is 11.8 Å². The van der Waals surface area contributed by atoms with Crippen molar-refractivity contribution in [1.82, 2.24) is 9.88 Å². The molecule has 0 unspecified atom stereocenters. The SMILES string of the molecule is c1cc(CSc2cccc3cccnc23)cc(CN2CCOCC2)c1. The highest BCUT2D eigenvalue weighted by Crippen LogP contribution is 2.29. The number of nitrogens with zero attached hydrogens (tertiary/aromatic N) is 2. The minimum Gasteiger partial charge on any atom is -0.379 e. The van der Waals surface area contributed by atoms with E-state index < -0.39 is 0 Å². The van der Waals surface area contributed by atoms with Gasteiger partial charge in [-0.3, -0.25) is 9.88 Å². The van der Waals surface area contributed by atoms with Gasteiger partial charge in [0.05, 0.1) is 18.7 Å². The molecular formula is C21H22N2OS. The zero-order chi connectivity index (χ0) is 16.9. The molecule has 1 aliphatic rings. The van der Waals surface area contributed by atoms with Crippen molar-refractivity contribution in [2.75, 3.05) is 26.3 Å². The number of hydrogen-bond donors (Lipinski definition) is 0. The van der Waals surface area contributed by atoms with Crippen LogP contribution in [0, 0.1) is 0 Å². The highest BCUT2D eigenvalue weighted by molar-refractivity contribution is 7.98. The van der Waals surface area contributed by atoms with Crippen LogP contribution in [0.15, 0.2) is 65.7 Å². The van der Waals surface area contributed by atoms with Crippen molar-refractivity contribution in [2.45, 2.75) is 17.2 Å². The fourth-order valence-corrected chi connectivity index (χ4v) is 4.17. The predicted molar refractivity (Wildman–Crippen MR) is 104 cm³/mol. The fourth-order valence-electron chi connectivity index (χ4n) is 3.19. The Bertz CT molecular complexity index is 841. The van der Waals surface area contributed by atoms with Crippen LogP contribution in [0.25, 0.3) is 10.9 Å². The molecular weight excluding hydrogens is 328 g/mol. The first kappa shape index (κ1) is 16.6. The largest absolute Gasteiger partial charge is 0.379 e. The Morgan fingerprint density at radius 1 is 0.960 bits per heavy atom. The first-order chi connectivity index (χ1) is 12.4. The monoisotopic (exact) mass is 350 g/mol. The number of pyridine rings is 1. The highest BCUT2D eigenvalue weighted by atomic mass is 32.2. The summed E-state index contributed by atoms with van der Waals surface area (Å²) in [6, 6.07) is 19.5. The van der Waals surface area contributed by atoms with Gasteiger partial charge in [0.2, 0.25) is 0 Å². The maximum Gasteiger partial charge on any atom is 0.0837 e. The summed E-state index contributed by atoms with van der Waals surface area (Å²) in [7, 11) is 0. The molecule has 1 fully saturated rings. The Kier molecular flexibility index (Phi) is 5.31. The lowest BCUT2D eigenvalue weighted by molar-refractivity contribution is 0.0342. The van der Waals surface area contributed by atoms with Crippen molar-refractivity contribution < 1.29 is 4.74 Å². The Morgan fingerprint density at radius 2 is 1.76 bits per heavy atom. The normalized spacial score (nSPS) is 15.5. The third kappa shape index (κ3) is 4.21. The number of morpholine rings is 1. The van der Waals surface area contributed by atoms with Crippen molar-refractivity contribution in [3.63, 3.8) is 0 Å². The third-order valence-corrected chi connectivity index (χ3v) is 5.61. The van der Waals surface area contributed by atoms with Gasteiger partial charge in [-0.1, -0.05) is 42.5 Å². The molecule has 0 atom stereocenters. The molecule has 2 aromatic carbocycles. The number of benzene rings is 2. The molecule has 0 saturated carbocycles. The van der Waals surface area contributed by atoms with Gasteiger partial charge < -0.3 is 4.74 Å². The molecule has 1 aromatic heterocycles. The van der Waals surface area contributed by atoms with E-state index in [0.717, 1.165) is 44.1 Å². The van der Waals surface area contributed by atoms with Crippen LogP contribution in [-0.2, 0) is 17.0 Å². The minimum absolute atomic E-state index is 0.851. The quantitative estimate of drug-likeness (QED) is 0.639. The van der Waals surface area contributed by atoms with Crippen LogP contribution in [0.3, 0.4) is 0 Å². The molecule has 1 saturated heterocycles. The van der Waals surface area contributed by atoms with Crippen LogP contribution in [0.2, 0.25) is 0 Å². The van der Waals surface area contributed by atoms with Crippen LogP contribution in [0.1, 0.15) is 11.1 Å². The summed E-state index contributed by atoms with van der Waals surface area (Å²) in [5.74, 6) is 0.965. The predicted octanol–water partition coefficient (Wildman–Crippen LogP) is 4.36.